The second-order valence-electron chi connectivity index (χ2n) is 8.82. The Bertz CT molecular complexity index is 1160. The van der Waals surface area contributed by atoms with E-state index < -0.39 is 0 Å². The first-order valence-electron chi connectivity index (χ1n) is 11.3. The molecule has 33 heavy (non-hydrogen) atoms. The molecule has 0 spiro atoms. The summed E-state index contributed by atoms with van der Waals surface area (Å²) in [6, 6.07) is 11.7. The largest absolute Gasteiger partial charge is 0.507 e. The summed E-state index contributed by atoms with van der Waals surface area (Å²) in [5, 5.41) is 23.2. The van der Waals surface area contributed by atoms with E-state index in [0.29, 0.717) is 22.5 Å². The van der Waals surface area contributed by atoms with Gasteiger partial charge in [-0.05, 0) is 62.4 Å². The number of aromatic nitrogens is 3. The van der Waals surface area contributed by atoms with E-state index in [2.05, 4.69) is 51.4 Å². The van der Waals surface area contributed by atoms with Gasteiger partial charge in [0.05, 0.1) is 17.0 Å². The highest BCUT2D eigenvalue weighted by Crippen LogP contribution is 2.35. The normalized spacial score (nSPS) is 18.3. The molecule has 1 saturated carbocycles. The maximum Gasteiger partial charge on any atom is 0.230 e. The summed E-state index contributed by atoms with van der Waals surface area (Å²) in [6.07, 6.45) is 4.62. The molecule has 0 saturated heterocycles. The third-order valence-electron chi connectivity index (χ3n) is 6.22. The van der Waals surface area contributed by atoms with Crippen molar-refractivity contribution in [1.82, 2.24) is 20.1 Å². The van der Waals surface area contributed by atoms with E-state index >= 15 is 0 Å². The zero-order valence-corrected chi connectivity index (χ0v) is 21.5. The molecule has 1 amide bonds. The van der Waals surface area contributed by atoms with Gasteiger partial charge in [-0.2, -0.15) is 0 Å². The van der Waals surface area contributed by atoms with E-state index in [-0.39, 0.29) is 23.5 Å². The Morgan fingerprint density at radius 3 is 2.73 bits per heavy atom. The van der Waals surface area contributed by atoms with Gasteiger partial charge >= 0.3 is 0 Å². The van der Waals surface area contributed by atoms with Crippen LogP contribution in [0.5, 0.6) is 5.75 Å². The van der Waals surface area contributed by atoms with Crippen molar-refractivity contribution in [2.24, 2.45) is 5.92 Å². The number of nitrogens with one attached hydrogen (secondary N) is 1. The van der Waals surface area contributed by atoms with Gasteiger partial charge in [-0.1, -0.05) is 65.2 Å². The number of aryl methyl sites for hydroxylation is 2. The van der Waals surface area contributed by atoms with Crippen molar-refractivity contribution in [1.29, 1.82) is 0 Å². The predicted octanol–water partition coefficient (Wildman–Crippen LogP) is 5.81. The number of hydrogen-bond acceptors (Lipinski definition) is 5. The third kappa shape index (κ3) is 5.44. The number of phenolic OH excluding ortho intramolecular Hbond substituents is 1. The van der Waals surface area contributed by atoms with Gasteiger partial charge in [0, 0.05) is 10.5 Å². The first-order chi connectivity index (χ1) is 15.8. The summed E-state index contributed by atoms with van der Waals surface area (Å²) in [5.74, 6) is 1.44. The molecule has 1 heterocycles. The van der Waals surface area contributed by atoms with Crippen LogP contribution in [0.2, 0.25) is 0 Å². The number of nitrogens with zero attached hydrogens (tertiary/aromatic N) is 3. The van der Waals surface area contributed by atoms with Crippen LogP contribution < -0.4 is 5.32 Å². The quantitative estimate of drug-likeness (QED) is 0.394. The molecule has 0 aliphatic heterocycles. The van der Waals surface area contributed by atoms with Crippen LogP contribution in [0.25, 0.3) is 17.1 Å². The number of phenols is 1. The van der Waals surface area contributed by atoms with Crippen LogP contribution in [0.3, 0.4) is 0 Å². The van der Waals surface area contributed by atoms with Gasteiger partial charge in [-0.3, -0.25) is 9.36 Å². The lowest BCUT2D eigenvalue weighted by atomic mass is 9.86. The molecule has 1 aliphatic carbocycles. The highest BCUT2D eigenvalue weighted by atomic mass is 79.9. The van der Waals surface area contributed by atoms with Crippen molar-refractivity contribution >= 4 is 33.6 Å². The standard InChI is InChI=1S/C25H29BrN4O2S/c1-15-8-10-21(17(3)12-15)30-24(19-13-18(26)9-11-22(19)31)28-29-25(30)33-14-23(32)27-20-7-5-4-6-16(20)2/h8-13,16,20,31H,4-7,14H2,1-3H3,(H,27,32)/t16-,20-/m0/s1. The third-order valence-corrected chi connectivity index (χ3v) is 7.64. The van der Waals surface area contributed by atoms with Crippen molar-refractivity contribution in [2.75, 3.05) is 5.75 Å². The molecule has 0 radical (unpaired) electrons. The number of benzene rings is 2. The Hall–Kier alpha value is -2.32. The van der Waals surface area contributed by atoms with Crippen molar-refractivity contribution in [2.45, 2.75) is 57.7 Å². The van der Waals surface area contributed by atoms with Gasteiger partial charge < -0.3 is 10.4 Å². The summed E-state index contributed by atoms with van der Waals surface area (Å²) in [5.41, 5.74) is 3.71. The summed E-state index contributed by atoms with van der Waals surface area (Å²) in [4.78, 5) is 12.7. The molecule has 1 aliphatic rings. The first kappa shape index (κ1) is 23.8. The number of halogens is 1. The lowest BCUT2D eigenvalue weighted by Gasteiger charge is -2.29. The van der Waals surface area contributed by atoms with Gasteiger partial charge in [0.25, 0.3) is 0 Å². The van der Waals surface area contributed by atoms with Crippen LogP contribution in [-0.2, 0) is 4.79 Å². The Balaban J connectivity index is 1.64. The lowest BCUT2D eigenvalue weighted by molar-refractivity contribution is -0.119. The summed E-state index contributed by atoms with van der Waals surface area (Å²) in [7, 11) is 0. The Kier molecular flexibility index (Phi) is 7.44. The van der Waals surface area contributed by atoms with Gasteiger partial charge in [0.15, 0.2) is 11.0 Å². The smallest absolute Gasteiger partial charge is 0.230 e. The van der Waals surface area contributed by atoms with E-state index in [4.69, 9.17) is 0 Å². The molecule has 2 N–H and O–H groups in total. The zero-order valence-electron chi connectivity index (χ0n) is 19.1. The van der Waals surface area contributed by atoms with Crippen LogP contribution in [0.4, 0.5) is 0 Å². The van der Waals surface area contributed by atoms with E-state index in [9.17, 15) is 9.90 Å². The summed E-state index contributed by atoms with van der Waals surface area (Å²) >= 11 is 4.84. The number of amides is 1. The lowest BCUT2D eigenvalue weighted by Crippen LogP contribution is -2.41. The minimum Gasteiger partial charge on any atom is -0.507 e. The fraction of sp³-hybridized carbons (Fsp3) is 0.400. The molecule has 0 unspecified atom stereocenters. The number of hydrogen-bond donors (Lipinski definition) is 2. The topological polar surface area (TPSA) is 80.0 Å². The molecule has 1 aromatic heterocycles. The van der Waals surface area contributed by atoms with Crippen LogP contribution in [0, 0.1) is 19.8 Å². The molecule has 8 heteroatoms. The number of carbonyl (C=O) groups is 1. The number of rotatable bonds is 6. The van der Waals surface area contributed by atoms with Crippen LogP contribution >= 0.6 is 27.7 Å². The second kappa shape index (κ2) is 10.3. The van der Waals surface area contributed by atoms with Crippen molar-refractivity contribution in [3.8, 4) is 22.8 Å². The Morgan fingerprint density at radius 1 is 1.18 bits per heavy atom. The average molecular weight is 530 g/mol. The van der Waals surface area contributed by atoms with Crippen molar-refractivity contribution in [3.05, 3.63) is 52.0 Å². The fourth-order valence-electron chi connectivity index (χ4n) is 4.41. The minimum absolute atomic E-state index is 0.0146. The van der Waals surface area contributed by atoms with Crippen LogP contribution in [0.1, 0.15) is 43.7 Å². The maximum atomic E-state index is 12.7. The molecular formula is C25H29BrN4O2S. The fourth-order valence-corrected chi connectivity index (χ4v) is 5.53. The average Bonchev–Trinajstić information content (AvgIpc) is 3.19. The van der Waals surface area contributed by atoms with E-state index in [1.165, 1.54) is 31.0 Å². The van der Waals surface area contributed by atoms with Crippen molar-refractivity contribution < 1.29 is 9.90 Å². The number of carbonyl (C=O) groups excluding carboxylic acids is 1. The predicted molar refractivity (Wildman–Crippen MR) is 136 cm³/mol. The highest BCUT2D eigenvalue weighted by molar-refractivity contribution is 9.10. The minimum atomic E-state index is 0.0146. The number of aromatic hydroxyl groups is 1. The summed E-state index contributed by atoms with van der Waals surface area (Å²) < 4.78 is 2.76. The van der Waals surface area contributed by atoms with E-state index in [1.807, 2.05) is 29.7 Å². The Labute approximate surface area is 207 Å². The molecule has 4 rings (SSSR count). The molecule has 2 atom stereocenters. The molecular weight excluding hydrogens is 500 g/mol. The molecule has 174 valence electrons. The van der Waals surface area contributed by atoms with Crippen molar-refractivity contribution in [3.63, 3.8) is 0 Å². The molecule has 3 aromatic rings. The number of thioether (sulfide) groups is 1. The summed E-state index contributed by atoms with van der Waals surface area (Å²) in [6.45, 7) is 6.31. The van der Waals surface area contributed by atoms with E-state index in [0.717, 1.165) is 27.7 Å². The van der Waals surface area contributed by atoms with Gasteiger partial charge in [0.2, 0.25) is 5.91 Å². The van der Waals surface area contributed by atoms with Gasteiger partial charge in [0.1, 0.15) is 5.75 Å². The highest BCUT2D eigenvalue weighted by Gasteiger charge is 2.24. The molecule has 0 bridgehead atoms. The SMILES string of the molecule is Cc1ccc(-n2c(SCC(=O)N[C@H]3CCCC[C@@H]3C)nnc2-c2cc(Br)ccc2O)c(C)c1. The molecule has 2 aromatic carbocycles. The van der Waals surface area contributed by atoms with Crippen LogP contribution in [0.15, 0.2) is 46.0 Å². The first-order valence-corrected chi connectivity index (χ1v) is 13.1. The monoisotopic (exact) mass is 528 g/mol. The Morgan fingerprint density at radius 2 is 1.97 bits per heavy atom. The second-order valence-corrected chi connectivity index (χ2v) is 10.7. The van der Waals surface area contributed by atoms with Crippen LogP contribution in [-0.4, -0.2) is 37.6 Å². The molecule has 1 fully saturated rings. The van der Waals surface area contributed by atoms with E-state index in [1.54, 1.807) is 12.1 Å². The maximum absolute atomic E-state index is 12.7. The van der Waals surface area contributed by atoms with Gasteiger partial charge in [-0.25, -0.2) is 0 Å². The molecule has 6 nitrogen and oxygen atoms in total. The zero-order chi connectivity index (χ0) is 23.5. The van der Waals surface area contributed by atoms with Gasteiger partial charge in [-0.15, -0.1) is 10.2 Å².